The summed E-state index contributed by atoms with van der Waals surface area (Å²) in [6.07, 6.45) is 5.65. The zero-order chi connectivity index (χ0) is 17.0. The van der Waals surface area contributed by atoms with Crippen LogP contribution in [0, 0.1) is 18.8 Å². The predicted molar refractivity (Wildman–Crippen MR) is 99.0 cm³/mol. The van der Waals surface area contributed by atoms with Crippen molar-refractivity contribution in [3.8, 4) is 0 Å². The Morgan fingerprint density at radius 1 is 1.00 bits per heavy atom. The van der Waals surface area contributed by atoms with Gasteiger partial charge in [-0.05, 0) is 56.9 Å². The van der Waals surface area contributed by atoms with Crippen molar-refractivity contribution in [2.24, 2.45) is 11.8 Å². The summed E-state index contributed by atoms with van der Waals surface area (Å²) in [4.78, 5) is 0. The van der Waals surface area contributed by atoms with E-state index in [4.69, 9.17) is 4.74 Å². The molecule has 2 aliphatic rings. The van der Waals surface area contributed by atoms with Crippen molar-refractivity contribution in [2.45, 2.75) is 67.2 Å². The van der Waals surface area contributed by atoms with Gasteiger partial charge in [-0.2, -0.15) is 0 Å². The number of rotatable bonds is 1. The Morgan fingerprint density at radius 3 is 1.91 bits per heavy atom. The molecule has 2 saturated carbocycles. The molecule has 2 unspecified atom stereocenters. The molecule has 126 valence electrons. The van der Waals surface area contributed by atoms with E-state index >= 15 is 0 Å². The molecule has 2 fully saturated rings. The molecular weight excluding hydrogens is 268 g/mol. The van der Waals surface area contributed by atoms with Gasteiger partial charge in [0, 0.05) is 0 Å². The molecule has 2 aliphatic carbocycles. The van der Waals surface area contributed by atoms with E-state index < -0.39 is 0 Å². The van der Waals surface area contributed by atoms with Crippen LogP contribution in [0.1, 0.15) is 65.9 Å². The van der Waals surface area contributed by atoms with Crippen LogP contribution in [0.3, 0.4) is 0 Å². The third-order valence-electron chi connectivity index (χ3n) is 4.24. The van der Waals surface area contributed by atoms with E-state index in [-0.39, 0.29) is 0 Å². The van der Waals surface area contributed by atoms with Crippen LogP contribution in [0.25, 0.3) is 0 Å². The van der Waals surface area contributed by atoms with Gasteiger partial charge in [-0.25, -0.2) is 0 Å². The Morgan fingerprint density at radius 2 is 1.59 bits per heavy atom. The van der Waals surface area contributed by atoms with Gasteiger partial charge < -0.3 is 4.74 Å². The number of allylic oxidation sites excluding steroid dienone is 2. The summed E-state index contributed by atoms with van der Waals surface area (Å²) < 4.78 is 5.27. The molecule has 0 spiro atoms. The van der Waals surface area contributed by atoms with Crippen LogP contribution < -0.4 is 0 Å². The Bertz CT molecular complexity index is 405. The second-order valence-electron chi connectivity index (χ2n) is 5.52. The first-order valence-electron chi connectivity index (χ1n) is 8.96. The second-order valence-corrected chi connectivity index (χ2v) is 5.52. The number of benzene rings is 1. The molecule has 1 aromatic carbocycles. The molecule has 2 atom stereocenters. The molecule has 0 saturated heterocycles. The molecule has 1 nitrogen and oxygen atoms in total. The highest BCUT2D eigenvalue weighted by atomic mass is 16.5. The second kappa shape index (κ2) is 12.3. The Labute approximate surface area is 138 Å². The molecule has 0 aromatic heterocycles. The van der Waals surface area contributed by atoms with Crippen molar-refractivity contribution in [1.29, 1.82) is 0 Å². The number of fused-ring (bicyclic) bond motifs is 2. The van der Waals surface area contributed by atoms with Gasteiger partial charge in [0.2, 0.25) is 0 Å². The number of ether oxygens (including phenoxy) is 1. The maximum absolute atomic E-state index is 5.27. The van der Waals surface area contributed by atoms with Gasteiger partial charge in [0.15, 0.2) is 0 Å². The first-order valence-corrected chi connectivity index (χ1v) is 8.96. The van der Waals surface area contributed by atoms with E-state index in [1.165, 1.54) is 37.0 Å². The largest absolute Gasteiger partial charge is 0.501 e. The molecule has 0 aliphatic heterocycles. The van der Waals surface area contributed by atoms with Crippen molar-refractivity contribution in [3.63, 3.8) is 0 Å². The highest BCUT2D eigenvalue weighted by Crippen LogP contribution is 2.48. The maximum Gasteiger partial charge on any atom is 0.0919 e. The summed E-state index contributed by atoms with van der Waals surface area (Å²) in [5.74, 6) is 3.08. The summed E-state index contributed by atoms with van der Waals surface area (Å²) in [6, 6.07) is 10.3. The molecular formula is C21H36O. The number of hydrogen-bond acceptors (Lipinski definition) is 1. The standard InChI is InChI=1S/C10H16O.C7H8.2C2H6/c1-7(11-2)10-6-8-3-4-9(10)5-8;1-7-5-3-2-4-6-7;2*1-2/h8-9H,3-6H2,1-2H3;2-6H,1H3;2*1-2H3/b10-7-;;;. The van der Waals surface area contributed by atoms with Crippen molar-refractivity contribution in [2.75, 3.05) is 7.11 Å². The number of methoxy groups -OCH3 is 1. The Kier molecular flexibility index (Phi) is 11.6. The predicted octanol–water partition coefficient (Wildman–Crippen LogP) is 6.77. The first-order chi connectivity index (χ1) is 10.7. The van der Waals surface area contributed by atoms with Gasteiger partial charge in [0.05, 0.1) is 12.9 Å². The lowest BCUT2D eigenvalue weighted by Crippen LogP contribution is -2.01. The summed E-state index contributed by atoms with van der Waals surface area (Å²) in [6.45, 7) is 12.2. The molecule has 0 amide bonds. The SMILES string of the molecule is CC.CC.CO/C(C)=C1/CC2CCC1C2.Cc1ccccc1. The third kappa shape index (κ3) is 6.68. The van der Waals surface area contributed by atoms with Crippen LogP contribution >= 0.6 is 0 Å². The minimum atomic E-state index is 0.889. The zero-order valence-corrected chi connectivity index (χ0v) is 15.8. The molecule has 22 heavy (non-hydrogen) atoms. The maximum atomic E-state index is 5.27. The molecule has 3 rings (SSSR count). The van der Waals surface area contributed by atoms with E-state index in [1.807, 2.05) is 45.9 Å². The molecule has 2 bridgehead atoms. The van der Waals surface area contributed by atoms with Gasteiger partial charge in [0.1, 0.15) is 0 Å². The highest BCUT2D eigenvalue weighted by molar-refractivity contribution is 5.19. The van der Waals surface area contributed by atoms with Crippen molar-refractivity contribution in [3.05, 3.63) is 47.2 Å². The average Bonchev–Trinajstić information content (AvgIpc) is 3.22. The fourth-order valence-electron chi connectivity index (χ4n) is 3.15. The van der Waals surface area contributed by atoms with Crippen LogP contribution in [0.5, 0.6) is 0 Å². The zero-order valence-electron chi connectivity index (χ0n) is 15.8. The molecule has 0 N–H and O–H groups in total. The van der Waals surface area contributed by atoms with E-state index in [0.717, 1.165) is 11.8 Å². The minimum Gasteiger partial charge on any atom is -0.501 e. The molecule has 1 aromatic rings. The Hall–Kier alpha value is -1.24. The lowest BCUT2D eigenvalue weighted by atomic mass is 9.94. The van der Waals surface area contributed by atoms with Gasteiger partial charge >= 0.3 is 0 Å². The highest BCUT2D eigenvalue weighted by Gasteiger charge is 2.36. The van der Waals surface area contributed by atoms with E-state index in [9.17, 15) is 0 Å². The summed E-state index contributed by atoms with van der Waals surface area (Å²) in [7, 11) is 1.79. The minimum absolute atomic E-state index is 0.889. The van der Waals surface area contributed by atoms with E-state index in [1.54, 1.807) is 12.7 Å². The van der Waals surface area contributed by atoms with Crippen LogP contribution in [0.2, 0.25) is 0 Å². The quantitative estimate of drug-likeness (QED) is 0.520. The summed E-state index contributed by atoms with van der Waals surface area (Å²) in [5, 5.41) is 0. The van der Waals surface area contributed by atoms with Crippen molar-refractivity contribution in [1.82, 2.24) is 0 Å². The van der Waals surface area contributed by atoms with Gasteiger partial charge in [-0.1, -0.05) is 63.6 Å². The smallest absolute Gasteiger partial charge is 0.0919 e. The normalized spacial score (nSPS) is 23.0. The number of aryl methyl sites for hydroxylation is 1. The van der Waals surface area contributed by atoms with E-state index in [2.05, 4.69) is 26.0 Å². The first kappa shape index (κ1) is 20.8. The summed E-state index contributed by atoms with van der Waals surface area (Å²) >= 11 is 0. The van der Waals surface area contributed by atoms with Crippen molar-refractivity contribution >= 4 is 0 Å². The molecule has 1 heteroatoms. The molecule has 0 heterocycles. The molecule has 0 radical (unpaired) electrons. The lowest BCUT2D eigenvalue weighted by Gasteiger charge is -2.15. The third-order valence-corrected chi connectivity index (χ3v) is 4.24. The summed E-state index contributed by atoms with van der Waals surface area (Å²) in [5.41, 5.74) is 2.94. The fraction of sp³-hybridized carbons (Fsp3) is 0.619. The Balaban J connectivity index is 0.000000348. The number of hydrogen-bond donors (Lipinski definition) is 0. The van der Waals surface area contributed by atoms with Crippen LogP contribution in [-0.2, 0) is 4.74 Å². The topological polar surface area (TPSA) is 9.23 Å². The van der Waals surface area contributed by atoms with Crippen LogP contribution in [0.15, 0.2) is 41.7 Å². The van der Waals surface area contributed by atoms with Crippen molar-refractivity contribution < 1.29 is 4.74 Å². The van der Waals surface area contributed by atoms with E-state index in [0.29, 0.717) is 0 Å². The van der Waals surface area contributed by atoms with Gasteiger partial charge in [-0.3, -0.25) is 0 Å². The van der Waals surface area contributed by atoms with Crippen LogP contribution in [-0.4, -0.2) is 7.11 Å². The average molecular weight is 305 g/mol. The van der Waals surface area contributed by atoms with Gasteiger partial charge in [-0.15, -0.1) is 0 Å². The fourth-order valence-corrected chi connectivity index (χ4v) is 3.15. The van der Waals surface area contributed by atoms with Gasteiger partial charge in [0.25, 0.3) is 0 Å². The monoisotopic (exact) mass is 304 g/mol. The lowest BCUT2D eigenvalue weighted by molar-refractivity contribution is 0.281. The van der Waals surface area contributed by atoms with Crippen LogP contribution in [0.4, 0.5) is 0 Å².